The number of primary amides is 1. The summed E-state index contributed by atoms with van der Waals surface area (Å²) in [5.41, 5.74) is 4.99. The summed E-state index contributed by atoms with van der Waals surface area (Å²) in [6, 6.07) is 10.5. The van der Waals surface area contributed by atoms with Gasteiger partial charge < -0.3 is 14.9 Å². The third-order valence-corrected chi connectivity index (χ3v) is 4.64. The quantitative estimate of drug-likeness (QED) is 0.794. The molecule has 1 heterocycles. The van der Waals surface area contributed by atoms with Crippen LogP contribution in [0.1, 0.15) is 23.2 Å². The Morgan fingerprint density at radius 1 is 1.17 bits per heavy atom. The van der Waals surface area contributed by atoms with Gasteiger partial charge in [-0.2, -0.15) is 0 Å². The Bertz CT molecular complexity index is 810. The van der Waals surface area contributed by atoms with Crippen LogP contribution in [0.15, 0.2) is 51.8 Å². The standard InChI is InChI=1S/C15H15NO6S/c1-10(14(16)17)21-15(18)13-8-7-11(22-13)9-23(19,20)12-5-3-2-4-6-12/h2-8,10H,9H2,1H3,(H2,16,17)/t10-/m0/s1. The van der Waals surface area contributed by atoms with E-state index in [4.69, 9.17) is 14.9 Å². The summed E-state index contributed by atoms with van der Waals surface area (Å²) in [6.45, 7) is 1.32. The summed E-state index contributed by atoms with van der Waals surface area (Å²) in [4.78, 5) is 22.7. The number of carbonyl (C=O) groups is 2. The molecule has 2 N–H and O–H groups in total. The number of esters is 1. The number of rotatable bonds is 6. The van der Waals surface area contributed by atoms with Crippen LogP contribution in [0, 0.1) is 0 Å². The predicted molar refractivity (Wildman–Crippen MR) is 80.1 cm³/mol. The first-order chi connectivity index (χ1) is 10.8. The molecule has 23 heavy (non-hydrogen) atoms. The highest BCUT2D eigenvalue weighted by Crippen LogP contribution is 2.18. The Hall–Kier alpha value is -2.61. The third kappa shape index (κ3) is 4.19. The van der Waals surface area contributed by atoms with Crippen LogP contribution in [-0.4, -0.2) is 26.4 Å². The van der Waals surface area contributed by atoms with Crippen molar-refractivity contribution in [3.8, 4) is 0 Å². The van der Waals surface area contributed by atoms with Gasteiger partial charge in [0.1, 0.15) is 11.5 Å². The number of carbonyl (C=O) groups excluding carboxylic acids is 2. The second-order valence-corrected chi connectivity index (χ2v) is 6.78. The Morgan fingerprint density at radius 3 is 2.43 bits per heavy atom. The van der Waals surface area contributed by atoms with Crippen molar-refractivity contribution in [1.29, 1.82) is 0 Å². The number of nitrogens with two attached hydrogens (primary N) is 1. The van der Waals surface area contributed by atoms with Gasteiger partial charge in [0.25, 0.3) is 5.91 Å². The van der Waals surface area contributed by atoms with Crippen molar-refractivity contribution in [3.63, 3.8) is 0 Å². The van der Waals surface area contributed by atoms with Gasteiger partial charge >= 0.3 is 5.97 Å². The van der Waals surface area contributed by atoms with Gasteiger partial charge in [-0.1, -0.05) is 18.2 Å². The van der Waals surface area contributed by atoms with E-state index < -0.39 is 33.6 Å². The van der Waals surface area contributed by atoms with Crippen molar-refractivity contribution >= 4 is 21.7 Å². The van der Waals surface area contributed by atoms with Crippen molar-refractivity contribution in [2.24, 2.45) is 5.73 Å². The number of amides is 1. The summed E-state index contributed by atoms with van der Waals surface area (Å²) in [7, 11) is -3.58. The summed E-state index contributed by atoms with van der Waals surface area (Å²) in [5.74, 6) is -2.18. The van der Waals surface area contributed by atoms with Gasteiger partial charge in [-0.3, -0.25) is 4.79 Å². The van der Waals surface area contributed by atoms with Crippen molar-refractivity contribution in [1.82, 2.24) is 0 Å². The van der Waals surface area contributed by atoms with Crippen LogP contribution in [-0.2, 0) is 25.1 Å². The van der Waals surface area contributed by atoms with E-state index in [9.17, 15) is 18.0 Å². The minimum atomic E-state index is -3.58. The van der Waals surface area contributed by atoms with Gasteiger partial charge in [0.15, 0.2) is 15.9 Å². The highest BCUT2D eigenvalue weighted by Gasteiger charge is 2.22. The second kappa shape index (κ2) is 6.66. The van der Waals surface area contributed by atoms with Crippen LogP contribution in [0.2, 0.25) is 0 Å². The van der Waals surface area contributed by atoms with Gasteiger partial charge in [0.05, 0.1) is 4.90 Å². The van der Waals surface area contributed by atoms with E-state index in [1.807, 2.05) is 0 Å². The summed E-state index contributed by atoms with van der Waals surface area (Å²) in [6.07, 6.45) is -1.11. The fourth-order valence-electron chi connectivity index (χ4n) is 1.74. The molecule has 1 aromatic carbocycles. The highest BCUT2D eigenvalue weighted by atomic mass is 32.2. The lowest BCUT2D eigenvalue weighted by Gasteiger charge is -2.07. The van der Waals surface area contributed by atoms with E-state index in [0.717, 1.165) is 0 Å². The normalized spacial score (nSPS) is 12.6. The topological polar surface area (TPSA) is 117 Å². The fourth-order valence-corrected chi connectivity index (χ4v) is 3.01. The van der Waals surface area contributed by atoms with Gasteiger partial charge in [0, 0.05) is 0 Å². The molecule has 1 atom stereocenters. The van der Waals surface area contributed by atoms with Gasteiger partial charge in [-0.15, -0.1) is 0 Å². The number of ether oxygens (including phenoxy) is 1. The number of furan rings is 1. The molecule has 8 heteroatoms. The van der Waals surface area contributed by atoms with E-state index in [1.165, 1.54) is 31.2 Å². The molecule has 2 rings (SSSR count). The molecule has 0 radical (unpaired) electrons. The lowest BCUT2D eigenvalue weighted by molar-refractivity contribution is -0.125. The zero-order valence-corrected chi connectivity index (χ0v) is 13.1. The average molecular weight is 337 g/mol. The monoisotopic (exact) mass is 337 g/mol. The molecule has 1 aromatic heterocycles. The Balaban J connectivity index is 2.11. The summed E-state index contributed by atoms with van der Waals surface area (Å²) < 4.78 is 34.4. The molecule has 0 aliphatic carbocycles. The first-order valence-corrected chi connectivity index (χ1v) is 8.31. The maximum atomic E-state index is 12.2. The number of benzene rings is 1. The van der Waals surface area contributed by atoms with E-state index in [2.05, 4.69) is 0 Å². The number of hydrogen-bond acceptors (Lipinski definition) is 6. The Labute approximate surface area is 133 Å². The zero-order chi connectivity index (χ0) is 17.0. The maximum Gasteiger partial charge on any atom is 0.375 e. The molecule has 2 aromatic rings. The van der Waals surface area contributed by atoms with Crippen molar-refractivity contribution in [3.05, 3.63) is 54.0 Å². The van der Waals surface area contributed by atoms with Gasteiger partial charge in [0.2, 0.25) is 5.76 Å². The van der Waals surface area contributed by atoms with Crippen LogP contribution in [0.4, 0.5) is 0 Å². The molecule has 0 saturated carbocycles. The third-order valence-electron chi connectivity index (χ3n) is 2.98. The molecule has 0 spiro atoms. The molecule has 7 nitrogen and oxygen atoms in total. The SMILES string of the molecule is C[C@H](OC(=O)c1ccc(CS(=O)(=O)c2ccccc2)o1)C(N)=O. The van der Waals surface area contributed by atoms with Crippen molar-refractivity contribution in [2.75, 3.05) is 0 Å². The van der Waals surface area contributed by atoms with E-state index in [1.54, 1.807) is 18.2 Å². The summed E-state index contributed by atoms with van der Waals surface area (Å²) >= 11 is 0. The average Bonchev–Trinajstić information content (AvgIpc) is 2.96. The molecular formula is C15H15NO6S. The van der Waals surface area contributed by atoms with Crippen LogP contribution >= 0.6 is 0 Å². The van der Waals surface area contributed by atoms with Gasteiger partial charge in [-0.25, -0.2) is 13.2 Å². The summed E-state index contributed by atoms with van der Waals surface area (Å²) in [5, 5.41) is 0. The molecule has 1 amide bonds. The maximum absolute atomic E-state index is 12.2. The Morgan fingerprint density at radius 2 is 1.83 bits per heavy atom. The zero-order valence-electron chi connectivity index (χ0n) is 12.3. The number of sulfone groups is 1. The molecule has 0 saturated heterocycles. The minimum Gasteiger partial charge on any atom is -0.453 e. The first-order valence-electron chi connectivity index (χ1n) is 6.66. The number of hydrogen-bond donors (Lipinski definition) is 1. The molecule has 122 valence electrons. The lowest BCUT2D eigenvalue weighted by atomic mass is 10.4. The van der Waals surface area contributed by atoms with Crippen LogP contribution in [0.3, 0.4) is 0 Å². The van der Waals surface area contributed by atoms with Crippen molar-refractivity contribution in [2.45, 2.75) is 23.7 Å². The Kier molecular flexibility index (Phi) is 4.85. The smallest absolute Gasteiger partial charge is 0.375 e. The largest absolute Gasteiger partial charge is 0.453 e. The molecule has 0 aliphatic heterocycles. The van der Waals surface area contributed by atoms with E-state index in [0.29, 0.717) is 0 Å². The molecular weight excluding hydrogens is 322 g/mol. The first kappa shape index (κ1) is 16.8. The van der Waals surface area contributed by atoms with E-state index in [-0.39, 0.29) is 16.4 Å². The highest BCUT2D eigenvalue weighted by molar-refractivity contribution is 7.90. The predicted octanol–water partition coefficient (Wildman–Crippen LogP) is 1.28. The molecule has 0 unspecified atom stereocenters. The van der Waals surface area contributed by atoms with Crippen molar-refractivity contribution < 1.29 is 27.2 Å². The fraction of sp³-hybridized carbons (Fsp3) is 0.200. The van der Waals surface area contributed by atoms with Crippen LogP contribution in [0.5, 0.6) is 0 Å². The van der Waals surface area contributed by atoms with Crippen LogP contribution < -0.4 is 5.73 Å². The molecule has 0 fully saturated rings. The second-order valence-electron chi connectivity index (χ2n) is 4.79. The van der Waals surface area contributed by atoms with Gasteiger partial charge in [-0.05, 0) is 31.2 Å². The lowest BCUT2D eigenvalue weighted by Crippen LogP contribution is -2.30. The van der Waals surface area contributed by atoms with Crippen LogP contribution in [0.25, 0.3) is 0 Å². The molecule has 0 bridgehead atoms. The van der Waals surface area contributed by atoms with E-state index >= 15 is 0 Å². The molecule has 0 aliphatic rings. The minimum absolute atomic E-state index is 0.0903.